The molecule has 0 saturated carbocycles. The van der Waals surface area contributed by atoms with Crippen LogP contribution in [0.25, 0.3) is 11.0 Å². The number of rotatable bonds is 2. The van der Waals surface area contributed by atoms with Gasteiger partial charge in [0.2, 0.25) is 0 Å². The molecule has 0 radical (unpaired) electrons. The van der Waals surface area contributed by atoms with Crippen LogP contribution in [0.4, 0.5) is 0 Å². The Kier molecular flexibility index (Phi) is 1.64. The molecule has 0 unspecified atom stereocenters. The molecule has 1 aliphatic rings. The van der Waals surface area contributed by atoms with Crippen LogP contribution in [-0.4, -0.2) is 6.61 Å². The monoisotopic (exact) mass is 188 g/mol. The molecule has 2 heterocycles. The number of fused-ring (bicyclic) bond motifs is 1. The summed E-state index contributed by atoms with van der Waals surface area (Å²) in [6.07, 6.45) is 1.23. The number of hydrogen-bond donors (Lipinski definition) is 0. The van der Waals surface area contributed by atoms with Crippen molar-refractivity contribution in [1.82, 2.24) is 0 Å². The van der Waals surface area contributed by atoms with Crippen molar-refractivity contribution in [3.8, 4) is 0 Å². The van der Waals surface area contributed by atoms with E-state index in [1.165, 1.54) is 10.9 Å². The van der Waals surface area contributed by atoms with Crippen LogP contribution in [-0.2, 0) is 11.2 Å². The second-order valence-electron chi connectivity index (χ2n) is 3.62. The SMILES string of the molecule is CCc1c([C@@H]2CO2)oc2ccccc12. The smallest absolute Gasteiger partial charge is 0.139 e. The Morgan fingerprint density at radius 3 is 2.86 bits per heavy atom. The largest absolute Gasteiger partial charge is 0.458 e. The lowest BCUT2D eigenvalue weighted by Crippen LogP contribution is -1.84. The quantitative estimate of drug-likeness (QED) is 0.677. The third-order valence-electron chi connectivity index (χ3n) is 2.71. The maximum absolute atomic E-state index is 5.79. The van der Waals surface area contributed by atoms with Crippen molar-refractivity contribution in [2.45, 2.75) is 19.4 Å². The van der Waals surface area contributed by atoms with Crippen LogP contribution in [0.2, 0.25) is 0 Å². The molecule has 14 heavy (non-hydrogen) atoms. The highest BCUT2D eigenvalue weighted by molar-refractivity contribution is 5.82. The van der Waals surface area contributed by atoms with E-state index in [2.05, 4.69) is 19.1 Å². The third kappa shape index (κ3) is 1.07. The lowest BCUT2D eigenvalue weighted by molar-refractivity contribution is 0.376. The second kappa shape index (κ2) is 2.85. The van der Waals surface area contributed by atoms with Crippen molar-refractivity contribution in [3.63, 3.8) is 0 Å². The molecule has 0 aliphatic carbocycles. The minimum atomic E-state index is 0.220. The zero-order chi connectivity index (χ0) is 9.54. The van der Waals surface area contributed by atoms with Gasteiger partial charge in [0.15, 0.2) is 0 Å². The standard InChI is InChI=1S/C12H12O2/c1-2-8-9-5-3-4-6-10(9)14-12(8)11-7-13-11/h3-6,11H,2,7H2,1H3/t11-/m0/s1. The molecule has 72 valence electrons. The summed E-state index contributed by atoms with van der Waals surface area (Å²) in [7, 11) is 0. The molecule has 1 aromatic heterocycles. The molecule has 1 saturated heterocycles. The number of epoxide rings is 1. The fourth-order valence-electron chi connectivity index (χ4n) is 1.94. The molecule has 2 heteroatoms. The Balaban J connectivity index is 2.28. The van der Waals surface area contributed by atoms with Crippen LogP contribution in [0.1, 0.15) is 24.4 Å². The molecule has 3 rings (SSSR count). The van der Waals surface area contributed by atoms with Gasteiger partial charge in [0.1, 0.15) is 17.4 Å². The van der Waals surface area contributed by atoms with Crippen LogP contribution in [0.15, 0.2) is 28.7 Å². The van der Waals surface area contributed by atoms with Crippen molar-refractivity contribution in [3.05, 3.63) is 35.6 Å². The maximum Gasteiger partial charge on any atom is 0.139 e. The van der Waals surface area contributed by atoms with Crippen LogP contribution in [0.5, 0.6) is 0 Å². The van der Waals surface area contributed by atoms with Crippen LogP contribution in [0.3, 0.4) is 0 Å². The average Bonchev–Trinajstić information content (AvgIpc) is 2.99. The van der Waals surface area contributed by atoms with E-state index >= 15 is 0 Å². The minimum Gasteiger partial charge on any atom is -0.458 e. The van der Waals surface area contributed by atoms with Gasteiger partial charge in [-0.25, -0.2) is 0 Å². The van der Waals surface area contributed by atoms with Gasteiger partial charge in [0, 0.05) is 10.9 Å². The maximum atomic E-state index is 5.79. The van der Waals surface area contributed by atoms with E-state index in [9.17, 15) is 0 Å². The molecular formula is C12H12O2. The fraction of sp³-hybridized carbons (Fsp3) is 0.333. The Labute approximate surface area is 82.5 Å². The Morgan fingerprint density at radius 2 is 2.14 bits per heavy atom. The predicted octanol–water partition coefficient (Wildman–Crippen LogP) is 3.07. The molecule has 0 N–H and O–H groups in total. The number of para-hydroxylation sites is 1. The lowest BCUT2D eigenvalue weighted by Gasteiger charge is -1.94. The summed E-state index contributed by atoms with van der Waals surface area (Å²) in [6, 6.07) is 8.18. The summed E-state index contributed by atoms with van der Waals surface area (Å²) < 4.78 is 11.1. The summed E-state index contributed by atoms with van der Waals surface area (Å²) in [5.74, 6) is 1.04. The van der Waals surface area contributed by atoms with Crippen LogP contribution in [0, 0.1) is 0 Å². The summed E-state index contributed by atoms with van der Waals surface area (Å²) >= 11 is 0. The molecule has 0 amide bonds. The van der Waals surface area contributed by atoms with Crippen molar-refractivity contribution in [2.24, 2.45) is 0 Å². The van der Waals surface area contributed by atoms with E-state index in [0.717, 1.165) is 24.4 Å². The first kappa shape index (κ1) is 8.06. The van der Waals surface area contributed by atoms with Gasteiger partial charge in [-0.3, -0.25) is 0 Å². The van der Waals surface area contributed by atoms with E-state index in [1.54, 1.807) is 0 Å². The highest BCUT2D eigenvalue weighted by Gasteiger charge is 2.31. The van der Waals surface area contributed by atoms with Crippen molar-refractivity contribution < 1.29 is 9.15 Å². The third-order valence-corrected chi connectivity index (χ3v) is 2.71. The van der Waals surface area contributed by atoms with Gasteiger partial charge in [-0.15, -0.1) is 0 Å². The first-order chi connectivity index (χ1) is 6.90. The molecule has 1 aromatic carbocycles. The number of aryl methyl sites for hydroxylation is 1. The number of furan rings is 1. The van der Waals surface area contributed by atoms with Gasteiger partial charge in [-0.1, -0.05) is 25.1 Å². The summed E-state index contributed by atoms with van der Waals surface area (Å²) in [4.78, 5) is 0. The van der Waals surface area contributed by atoms with Gasteiger partial charge < -0.3 is 9.15 Å². The minimum absolute atomic E-state index is 0.220. The Hall–Kier alpha value is -1.28. The van der Waals surface area contributed by atoms with Crippen LogP contribution < -0.4 is 0 Å². The molecule has 1 atom stereocenters. The number of benzene rings is 1. The van der Waals surface area contributed by atoms with Gasteiger partial charge >= 0.3 is 0 Å². The van der Waals surface area contributed by atoms with E-state index in [4.69, 9.17) is 9.15 Å². The highest BCUT2D eigenvalue weighted by Crippen LogP contribution is 2.38. The van der Waals surface area contributed by atoms with E-state index in [0.29, 0.717) is 0 Å². The van der Waals surface area contributed by atoms with Crippen molar-refractivity contribution >= 4 is 11.0 Å². The van der Waals surface area contributed by atoms with Gasteiger partial charge in [0.25, 0.3) is 0 Å². The number of ether oxygens (including phenoxy) is 1. The molecule has 1 fully saturated rings. The zero-order valence-electron chi connectivity index (χ0n) is 8.12. The Bertz CT molecular complexity index is 466. The highest BCUT2D eigenvalue weighted by atomic mass is 16.6. The number of hydrogen-bond acceptors (Lipinski definition) is 2. The zero-order valence-corrected chi connectivity index (χ0v) is 8.12. The van der Waals surface area contributed by atoms with E-state index < -0.39 is 0 Å². The van der Waals surface area contributed by atoms with Crippen molar-refractivity contribution in [1.29, 1.82) is 0 Å². The molecule has 1 aliphatic heterocycles. The van der Waals surface area contributed by atoms with E-state index in [-0.39, 0.29) is 6.10 Å². The van der Waals surface area contributed by atoms with Gasteiger partial charge in [-0.05, 0) is 12.5 Å². The normalized spacial score (nSPS) is 20.2. The fourth-order valence-corrected chi connectivity index (χ4v) is 1.94. The lowest BCUT2D eigenvalue weighted by atomic mass is 10.1. The van der Waals surface area contributed by atoms with Crippen LogP contribution >= 0.6 is 0 Å². The molecule has 2 nitrogen and oxygen atoms in total. The summed E-state index contributed by atoms with van der Waals surface area (Å²) in [5, 5.41) is 1.24. The molecular weight excluding hydrogens is 176 g/mol. The van der Waals surface area contributed by atoms with Crippen molar-refractivity contribution in [2.75, 3.05) is 6.61 Å². The molecule has 2 aromatic rings. The summed E-state index contributed by atoms with van der Waals surface area (Å²) in [5.41, 5.74) is 2.29. The first-order valence-corrected chi connectivity index (χ1v) is 5.02. The Morgan fingerprint density at radius 1 is 1.36 bits per heavy atom. The predicted molar refractivity (Wildman–Crippen MR) is 54.3 cm³/mol. The first-order valence-electron chi connectivity index (χ1n) is 5.02. The summed E-state index contributed by atoms with van der Waals surface area (Å²) in [6.45, 7) is 2.97. The van der Waals surface area contributed by atoms with E-state index in [1.807, 2.05) is 12.1 Å². The van der Waals surface area contributed by atoms with Gasteiger partial charge in [-0.2, -0.15) is 0 Å². The molecule has 0 spiro atoms. The average molecular weight is 188 g/mol. The molecule has 0 bridgehead atoms. The topological polar surface area (TPSA) is 25.7 Å². The van der Waals surface area contributed by atoms with Gasteiger partial charge in [0.05, 0.1) is 6.61 Å². The second-order valence-corrected chi connectivity index (χ2v) is 3.62.